The van der Waals surface area contributed by atoms with E-state index in [0.29, 0.717) is 24.3 Å². The smallest absolute Gasteiger partial charge is 0.185 e. The predicted molar refractivity (Wildman–Crippen MR) is 111 cm³/mol. The summed E-state index contributed by atoms with van der Waals surface area (Å²) < 4.78 is 35.8. The first-order chi connectivity index (χ1) is 13.8. The van der Waals surface area contributed by atoms with Gasteiger partial charge in [-0.15, -0.1) is 0 Å². The topological polar surface area (TPSA) is 87.5 Å². The number of carbonyl (C=O) groups excluding carboxylic acids is 1. The maximum atomic E-state index is 12.7. The number of ether oxygens (including phenoxy) is 2. The Balaban J connectivity index is 1.83. The van der Waals surface area contributed by atoms with Crippen LogP contribution in [-0.4, -0.2) is 49.7 Å². The Morgan fingerprint density at radius 3 is 2.69 bits per heavy atom. The molecule has 29 heavy (non-hydrogen) atoms. The minimum atomic E-state index is -2.99. The molecule has 1 aromatic heterocycles. The number of carbonyl (C=O) groups is 1. The van der Waals surface area contributed by atoms with Crippen LogP contribution in [0.25, 0.3) is 6.08 Å². The summed E-state index contributed by atoms with van der Waals surface area (Å²) >= 11 is 0. The lowest BCUT2D eigenvalue weighted by molar-refractivity contribution is 0.104. The zero-order valence-electron chi connectivity index (χ0n) is 17.1. The number of rotatable bonds is 7. The molecule has 1 aromatic carbocycles. The molecule has 3 rings (SSSR count). The number of hydrogen-bond acceptors (Lipinski definition) is 6. The molecule has 0 spiro atoms. The standard InChI is InChI=1S/C21H26N2O5S/c1-14-19(15(2)23(22-14)18-9-10-29(25,26)13-18)6-7-20(24)16-5-8-21(28-4)17(11-16)12-27-3/h5-8,11,18H,9-10,12-13H2,1-4H3/b7-6+/t18-/m0/s1. The van der Waals surface area contributed by atoms with E-state index in [9.17, 15) is 13.2 Å². The molecule has 0 N–H and O–H groups in total. The van der Waals surface area contributed by atoms with E-state index in [1.165, 1.54) is 6.08 Å². The van der Waals surface area contributed by atoms with Crippen LogP contribution >= 0.6 is 0 Å². The third-order valence-corrected chi connectivity index (χ3v) is 6.95. The zero-order chi connectivity index (χ0) is 21.2. The molecule has 0 unspecified atom stereocenters. The summed E-state index contributed by atoms with van der Waals surface area (Å²) in [6.07, 6.45) is 3.84. The number of allylic oxidation sites excluding steroid dienone is 1. The van der Waals surface area contributed by atoms with E-state index in [0.717, 1.165) is 22.5 Å². The Hall–Kier alpha value is -2.45. The number of ketones is 1. The summed E-state index contributed by atoms with van der Waals surface area (Å²) in [6, 6.07) is 5.10. The van der Waals surface area contributed by atoms with Gasteiger partial charge in [-0.25, -0.2) is 8.42 Å². The van der Waals surface area contributed by atoms with Gasteiger partial charge in [0.25, 0.3) is 0 Å². The van der Waals surface area contributed by atoms with Gasteiger partial charge in [-0.2, -0.15) is 5.10 Å². The first-order valence-electron chi connectivity index (χ1n) is 9.40. The molecule has 2 heterocycles. The van der Waals surface area contributed by atoms with Crippen LogP contribution in [0.4, 0.5) is 0 Å². The number of sulfone groups is 1. The van der Waals surface area contributed by atoms with Gasteiger partial charge >= 0.3 is 0 Å². The van der Waals surface area contributed by atoms with Crippen molar-refractivity contribution in [1.82, 2.24) is 9.78 Å². The van der Waals surface area contributed by atoms with Crippen molar-refractivity contribution in [3.8, 4) is 5.75 Å². The highest BCUT2D eigenvalue weighted by molar-refractivity contribution is 7.91. The number of methoxy groups -OCH3 is 2. The molecule has 2 aromatic rings. The van der Waals surface area contributed by atoms with E-state index in [2.05, 4.69) is 5.10 Å². The van der Waals surface area contributed by atoms with Crippen LogP contribution in [0.2, 0.25) is 0 Å². The third-order valence-electron chi connectivity index (χ3n) is 5.20. The molecule has 0 saturated carbocycles. The number of aromatic nitrogens is 2. The molecule has 7 nitrogen and oxygen atoms in total. The molecule has 0 amide bonds. The lowest BCUT2D eigenvalue weighted by atomic mass is 10.0. The third kappa shape index (κ3) is 4.59. The molecule has 0 bridgehead atoms. The second-order valence-electron chi connectivity index (χ2n) is 7.24. The van der Waals surface area contributed by atoms with E-state index in [-0.39, 0.29) is 23.3 Å². The lowest BCUT2D eigenvalue weighted by Crippen LogP contribution is -2.13. The number of benzene rings is 1. The monoisotopic (exact) mass is 418 g/mol. The summed E-state index contributed by atoms with van der Waals surface area (Å²) in [5, 5.41) is 4.53. The van der Waals surface area contributed by atoms with Gasteiger partial charge < -0.3 is 9.47 Å². The molecule has 8 heteroatoms. The fourth-order valence-electron chi connectivity index (χ4n) is 3.70. The van der Waals surface area contributed by atoms with Gasteiger partial charge in [0.15, 0.2) is 15.6 Å². The van der Waals surface area contributed by atoms with Crippen LogP contribution in [0.5, 0.6) is 5.75 Å². The van der Waals surface area contributed by atoms with E-state index >= 15 is 0 Å². The Labute approximate surface area is 171 Å². The number of aryl methyl sites for hydroxylation is 1. The molecule has 1 fully saturated rings. The van der Waals surface area contributed by atoms with Gasteiger partial charge in [-0.1, -0.05) is 0 Å². The number of hydrogen-bond donors (Lipinski definition) is 0. The van der Waals surface area contributed by atoms with Crippen molar-refractivity contribution in [3.05, 3.63) is 52.4 Å². The van der Waals surface area contributed by atoms with Crippen molar-refractivity contribution in [3.63, 3.8) is 0 Å². The molecule has 1 saturated heterocycles. The summed E-state index contributed by atoms with van der Waals surface area (Å²) in [7, 11) is 0.174. The van der Waals surface area contributed by atoms with Gasteiger partial charge in [-0.3, -0.25) is 9.48 Å². The van der Waals surface area contributed by atoms with Crippen molar-refractivity contribution in [2.75, 3.05) is 25.7 Å². The van der Waals surface area contributed by atoms with Crippen molar-refractivity contribution < 1.29 is 22.7 Å². The maximum absolute atomic E-state index is 12.7. The highest BCUT2D eigenvalue weighted by atomic mass is 32.2. The van der Waals surface area contributed by atoms with Crippen LogP contribution in [0.3, 0.4) is 0 Å². The molecule has 0 aliphatic carbocycles. The molecule has 1 atom stereocenters. The summed E-state index contributed by atoms with van der Waals surface area (Å²) in [4.78, 5) is 12.7. The van der Waals surface area contributed by atoms with Crippen molar-refractivity contribution in [2.45, 2.75) is 32.9 Å². The van der Waals surface area contributed by atoms with Gasteiger partial charge in [0, 0.05) is 29.5 Å². The fourth-order valence-corrected chi connectivity index (χ4v) is 5.39. The minimum absolute atomic E-state index is 0.116. The molecular weight excluding hydrogens is 392 g/mol. The van der Waals surface area contributed by atoms with Gasteiger partial charge in [-0.05, 0) is 50.6 Å². The van der Waals surface area contributed by atoms with Crippen molar-refractivity contribution >= 4 is 21.7 Å². The highest BCUT2D eigenvalue weighted by Gasteiger charge is 2.31. The van der Waals surface area contributed by atoms with E-state index < -0.39 is 9.84 Å². The predicted octanol–water partition coefficient (Wildman–Crippen LogP) is 2.91. The Bertz CT molecular complexity index is 1050. The van der Waals surface area contributed by atoms with Gasteiger partial charge in [0.05, 0.1) is 37.0 Å². The Morgan fingerprint density at radius 2 is 2.07 bits per heavy atom. The van der Waals surface area contributed by atoms with E-state index in [1.54, 1.807) is 43.2 Å². The quantitative estimate of drug-likeness (QED) is 0.508. The summed E-state index contributed by atoms with van der Waals surface area (Å²) in [5.74, 6) is 0.846. The second kappa shape index (κ2) is 8.51. The van der Waals surface area contributed by atoms with Crippen LogP contribution < -0.4 is 4.74 Å². The summed E-state index contributed by atoms with van der Waals surface area (Å²) in [5.41, 5.74) is 3.82. The minimum Gasteiger partial charge on any atom is -0.496 e. The highest BCUT2D eigenvalue weighted by Crippen LogP contribution is 2.27. The van der Waals surface area contributed by atoms with Gasteiger partial charge in [0.2, 0.25) is 0 Å². The van der Waals surface area contributed by atoms with Crippen LogP contribution in [0.1, 0.15) is 45.3 Å². The fraction of sp³-hybridized carbons (Fsp3) is 0.429. The molecular formula is C21H26N2O5S. The number of nitrogens with zero attached hydrogens (tertiary/aromatic N) is 2. The van der Waals surface area contributed by atoms with Crippen LogP contribution in [-0.2, 0) is 21.2 Å². The van der Waals surface area contributed by atoms with Crippen molar-refractivity contribution in [2.24, 2.45) is 0 Å². The normalized spacial score (nSPS) is 18.4. The maximum Gasteiger partial charge on any atom is 0.185 e. The lowest BCUT2D eigenvalue weighted by Gasteiger charge is -2.11. The zero-order valence-corrected chi connectivity index (χ0v) is 18.0. The van der Waals surface area contributed by atoms with Crippen LogP contribution in [0, 0.1) is 13.8 Å². The molecule has 1 aliphatic rings. The first kappa shape index (κ1) is 21.3. The molecule has 0 radical (unpaired) electrons. The SMILES string of the molecule is COCc1cc(C(=O)/C=C/c2c(C)nn([C@H]3CCS(=O)(=O)C3)c2C)ccc1OC. The van der Waals surface area contributed by atoms with Gasteiger partial charge in [0.1, 0.15) is 5.75 Å². The second-order valence-corrected chi connectivity index (χ2v) is 9.47. The van der Waals surface area contributed by atoms with E-state index in [1.807, 2.05) is 13.8 Å². The summed E-state index contributed by atoms with van der Waals surface area (Å²) in [6.45, 7) is 4.11. The first-order valence-corrected chi connectivity index (χ1v) is 11.2. The molecule has 156 valence electrons. The largest absolute Gasteiger partial charge is 0.496 e. The average Bonchev–Trinajstić information content (AvgIpc) is 3.18. The average molecular weight is 419 g/mol. The Kier molecular flexibility index (Phi) is 6.24. The van der Waals surface area contributed by atoms with E-state index in [4.69, 9.17) is 9.47 Å². The molecule has 1 aliphatic heterocycles. The van der Waals surface area contributed by atoms with Crippen LogP contribution in [0.15, 0.2) is 24.3 Å². The van der Waals surface area contributed by atoms with Crippen molar-refractivity contribution in [1.29, 1.82) is 0 Å². The Morgan fingerprint density at radius 1 is 1.31 bits per heavy atom.